The lowest BCUT2D eigenvalue weighted by atomic mass is 10.1. The van der Waals surface area contributed by atoms with Crippen LogP contribution in [0.1, 0.15) is 58.1 Å². The second-order valence-corrected chi connectivity index (χ2v) is 7.98. The number of amides is 1. The SMILES string of the molecule is C/C=C\C1=C(C)COC(C(=O)COc2ccsc2C(=O)NC(C)(C)C)=C1.CC. The normalized spacial score (nSPS) is 14.0. The van der Waals surface area contributed by atoms with Crippen molar-refractivity contribution < 1.29 is 19.1 Å². The Morgan fingerprint density at radius 3 is 2.61 bits per heavy atom. The maximum Gasteiger partial charge on any atom is 0.265 e. The van der Waals surface area contributed by atoms with Crippen LogP contribution in [0.4, 0.5) is 0 Å². The van der Waals surface area contributed by atoms with Crippen LogP contribution < -0.4 is 10.1 Å². The molecule has 154 valence electrons. The summed E-state index contributed by atoms with van der Waals surface area (Å²) >= 11 is 1.28. The molecule has 0 unspecified atom stereocenters. The minimum Gasteiger partial charge on any atom is -0.485 e. The molecular formula is C22H31NO4S. The van der Waals surface area contributed by atoms with Crippen molar-refractivity contribution >= 4 is 23.0 Å². The molecule has 2 rings (SSSR count). The number of carbonyl (C=O) groups excluding carboxylic acids is 2. The molecule has 0 saturated carbocycles. The Morgan fingerprint density at radius 1 is 1.32 bits per heavy atom. The van der Waals surface area contributed by atoms with Crippen LogP contribution in [-0.4, -0.2) is 30.4 Å². The van der Waals surface area contributed by atoms with Crippen molar-refractivity contribution in [3.05, 3.63) is 51.5 Å². The zero-order valence-corrected chi connectivity index (χ0v) is 18.7. The van der Waals surface area contributed by atoms with Gasteiger partial charge in [0, 0.05) is 5.54 Å². The molecule has 0 aliphatic carbocycles. The fourth-order valence-corrected chi connectivity index (χ4v) is 3.02. The van der Waals surface area contributed by atoms with Crippen LogP contribution in [-0.2, 0) is 9.53 Å². The topological polar surface area (TPSA) is 64.6 Å². The summed E-state index contributed by atoms with van der Waals surface area (Å²) < 4.78 is 11.1. The third-order valence-electron chi connectivity index (χ3n) is 3.53. The number of carbonyl (C=O) groups is 2. The summed E-state index contributed by atoms with van der Waals surface area (Å²) in [5.41, 5.74) is 1.70. The molecule has 0 radical (unpaired) electrons. The number of ketones is 1. The lowest BCUT2D eigenvalue weighted by molar-refractivity contribution is -0.120. The molecule has 6 heteroatoms. The third-order valence-corrected chi connectivity index (χ3v) is 4.42. The first-order chi connectivity index (χ1) is 13.2. The zero-order chi connectivity index (χ0) is 21.3. The maximum atomic E-state index is 12.4. The first-order valence-corrected chi connectivity index (χ1v) is 10.3. The van der Waals surface area contributed by atoms with E-state index < -0.39 is 0 Å². The van der Waals surface area contributed by atoms with Crippen LogP contribution in [0.3, 0.4) is 0 Å². The number of thiophene rings is 1. The number of nitrogens with one attached hydrogen (secondary N) is 1. The molecule has 1 amide bonds. The van der Waals surface area contributed by atoms with E-state index in [1.54, 1.807) is 17.5 Å². The fraction of sp³-hybridized carbons (Fsp3) is 0.455. The van der Waals surface area contributed by atoms with Gasteiger partial charge in [-0.1, -0.05) is 26.0 Å². The lowest BCUT2D eigenvalue weighted by Crippen LogP contribution is -2.40. The molecule has 1 N–H and O–H groups in total. The molecule has 0 fully saturated rings. The van der Waals surface area contributed by atoms with E-state index in [9.17, 15) is 9.59 Å². The van der Waals surface area contributed by atoms with Gasteiger partial charge in [-0.25, -0.2) is 0 Å². The minimum atomic E-state index is -0.345. The lowest BCUT2D eigenvalue weighted by Gasteiger charge is -2.20. The molecule has 28 heavy (non-hydrogen) atoms. The Hall–Kier alpha value is -2.34. The van der Waals surface area contributed by atoms with Gasteiger partial charge in [-0.15, -0.1) is 11.3 Å². The van der Waals surface area contributed by atoms with Crippen molar-refractivity contribution in [1.29, 1.82) is 0 Å². The van der Waals surface area contributed by atoms with Crippen molar-refractivity contribution in [2.24, 2.45) is 0 Å². The number of hydrogen-bond donors (Lipinski definition) is 1. The Bertz CT molecular complexity index is 779. The molecule has 1 aliphatic heterocycles. The molecule has 1 aliphatic rings. The van der Waals surface area contributed by atoms with Gasteiger partial charge in [0.2, 0.25) is 5.78 Å². The predicted octanol–water partition coefficient (Wildman–Crippen LogP) is 5.06. The maximum absolute atomic E-state index is 12.4. The quantitative estimate of drug-likeness (QED) is 0.719. The molecular weight excluding hydrogens is 374 g/mol. The van der Waals surface area contributed by atoms with Crippen molar-refractivity contribution in [2.45, 2.75) is 54.0 Å². The molecule has 0 atom stereocenters. The van der Waals surface area contributed by atoms with Crippen molar-refractivity contribution in [2.75, 3.05) is 13.2 Å². The van der Waals surface area contributed by atoms with Crippen molar-refractivity contribution in [3.8, 4) is 5.75 Å². The van der Waals surface area contributed by atoms with Crippen LogP contribution in [0.15, 0.2) is 46.6 Å². The molecule has 1 aromatic rings. The van der Waals surface area contributed by atoms with Gasteiger partial charge in [0.1, 0.15) is 17.2 Å². The molecule has 0 saturated heterocycles. The van der Waals surface area contributed by atoms with E-state index in [2.05, 4.69) is 5.32 Å². The second kappa shape index (κ2) is 10.9. The number of allylic oxidation sites excluding steroid dienone is 4. The van der Waals surface area contributed by atoms with Gasteiger partial charge in [0.05, 0.1) is 0 Å². The summed E-state index contributed by atoms with van der Waals surface area (Å²) in [7, 11) is 0. The van der Waals surface area contributed by atoms with E-state index >= 15 is 0 Å². The number of ether oxygens (including phenoxy) is 2. The Labute approximate surface area is 172 Å². The molecule has 5 nitrogen and oxygen atoms in total. The molecule has 1 aromatic heterocycles. The third kappa shape index (κ3) is 7.00. The van der Waals surface area contributed by atoms with Gasteiger partial charge in [0.15, 0.2) is 12.4 Å². The zero-order valence-electron chi connectivity index (χ0n) is 17.8. The smallest absolute Gasteiger partial charge is 0.265 e. The summed E-state index contributed by atoms with van der Waals surface area (Å²) in [6.07, 6.45) is 5.59. The predicted molar refractivity (Wildman–Crippen MR) is 115 cm³/mol. The van der Waals surface area contributed by atoms with Gasteiger partial charge in [-0.05, 0) is 63.3 Å². The summed E-state index contributed by atoms with van der Waals surface area (Å²) in [6.45, 7) is 13.8. The fourth-order valence-electron chi connectivity index (χ4n) is 2.29. The van der Waals surface area contributed by atoms with E-state index in [1.165, 1.54) is 11.3 Å². The van der Waals surface area contributed by atoms with Crippen molar-refractivity contribution in [3.63, 3.8) is 0 Å². The average Bonchev–Trinajstić information content (AvgIpc) is 3.11. The molecule has 0 aromatic carbocycles. The Kier molecular flexibility index (Phi) is 9.19. The van der Waals surface area contributed by atoms with Gasteiger partial charge in [-0.2, -0.15) is 0 Å². The van der Waals surface area contributed by atoms with Gasteiger partial charge < -0.3 is 14.8 Å². The van der Waals surface area contributed by atoms with Gasteiger partial charge >= 0.3 is 0 Å². The first-order valence-electron chi connectivity index (χ1n) is 9.44. The standard InChI is InChI=1S/C20H25NO4S.C2H6/c1-6-7-14-10-17(24-11-13(14)2)15(22)12-25-16-8-9-26-18(16)19(23)21-20(3,4)5;1-2/h6-10H,11-12H2,1-5H3,(H,21,23);1-2H3/b7-6-;. The van der Waals surface area contributed by atoms with E-state index in [0.717, 1.165) is 11.1 Å². The van der Waals surface area contributed by atoms with Crippen LogP contribution in [0.25, 0.3) is 0 Å². The highest BCUT2D eigenvalue weighted by Gasteiger charge is 2.22. The van der Waals surface area contributed by atoms with Crippen LogP contribution in [0.2, 0.25) is 0 Å². The highest BCUT2D eigenvalue weighted by atomic mass is 32.1. The molecule has 2 heterocycles. The number of rotatable bonds is 6. The minimum absolute atomic E-state index is 0.180. The summed E-state index contributed by atoms with van der Waals surface area (Å²) in [6, 6.07) is 1.70. The summed E-state index contributed by atoms with van der Waals surface area (Å²) in [5, 5.41) is 4.66. The molecule has 0 spiro atoms. The summed E-state index contributed by atoms with van der Waals surface area (Å²) in [5.74, 6) is 0.214. The largest absolute Gasteiger partial charge is 0.485 e. The monoisotopic (exact) mass is 405 g/mol. The van der Waals surface area contributed by atoms with Gasteiger partial charge in [-0.3, -0.25) is 9.59 Å². The highest BCUT2D eigenvalue weighted by Crippen LogP contribution is 2.26. The van der Waals surface area contributed by atoms with Crippen LogP contribution >= 0.6 is 11.3 Å². The van der Waals surface area contributed by atoms with Crippen molar-refractivity contribution in [1.82, 2.24) is 5.32 Å². The first kappa shape index (κ1) is 23.7. The van der Waals surface area contributed by atoms with E-state index in [-0.39, 0.29) is 29.6 Å². The Morgan fingerprint density at radius 2 is 2.00 bits per heavy atom. The number of Topliss-reactive ketones (excluding diaryl/α,β-unsaturated/α-hetero) is 1. The van der Waals surface area contributed by atoms with Gasteiger partial charge in [0.25, 0.3) is 5.91 Å². The van der Waals surface area contributed by atoms with Crippen LogP contribution in [0, 0.1) is 0 Å². The number of hydrogen-bond acceptors (Lipinski definition) is 5. The average molecular weight is 406 g/mol. The Balaban J connectivity index is 0.00000190. The van der Waals surface area contributed by atoms with Crippen LogP contribution in [0.5, 0.6) is 5.75 Å². The molecule has 0 bridgehead atoms. The van der Waals surface area contributed by atoms with E-state index in [1.807, 2.05) is 60.6 Å². The van der Waals surface area contributed by atoms with E-state index in [0.29, 0.717) is 17.2 Å². The highest BCUT2D eigenvalue weighted by molar-refractivity contribution is 7.12. The second-order valence-electron chi connectivity index (χ2n) is 7.06. The van der Waals surface area contributed by atoms with E-state index in [4.69, 9.17) is 9.47 Å². The summed E-state index contributed by atoms with van der Waals surface area (Å²) in [4.78, 5) is 25.2.